The van der Waals surface area contributed by atoms with Gasteiger partial charge in [-0.2, -0.15) is 5.26 Å². The van der Waals surface area contributed by atoms with E-state index < -0.39 is 35.5 Å². The van der Waals surface area contributed by atoms with E-state index in [2.05, 4.69) is 30.6 Å². The van der Waals surface area contributed by atoms with E-state index in [0.717, 1.165) is 74.9 Å². The summed E-state index contributed by atoms with van der Waals surface area (Å²) in [5.74, 6) is -1.55. The average Bonchev–Trinajstić information content (AvgIpc) is 3.46. The van der Waals surface area contributed by atoms with Gasteiger partial charge >= 0.3 is 0 Å². The number of ether oxygens (including phenoxy) is 1. The first-order valence-corrected chi connectivity index (χ1v) is 20.2. The van der Waals surface area contributed by atoms with Crippen molar-refractivity contribution in [2.45, 2.75) is 69.6 Å². The van der Waals surface area contributed by atoms with Crippen LogP contribution >= 0.6 is 11.6 Å². The minimum atomic E-state index is -1.10. The van der Waals surface area contributed by atoms with Gasteiger partial charge in [-0.1, -0.05) is 11.6 Å². The topological polar surface area (TPSA) is 181 Å². The van der Waals surface area contributed by atoms with Gasteiger partial charge in [0, 0.05) is 64.3 Å². The fourth-order valence-electron chi connectivity index (χ4n) is 8.65. The van der Waals surface area contributed by atoms with E-state index in [4.69, 9.17) is 21.6 Å². The predicted octanol–water partition coefficient (Wildman–Crippen LogP) is 3.70. The number of fused-ring (bicyclic) bond motifs is 1. The van der Waals surface area contributed by atoms with E-state index in [0.29, 0.717) is 48.4 Å². The number of hydrogen-bond donors (Lipinski definition) is 2. The molecular formula is C41H43ClFN9O6. The maximum Gasteiger partial charge on any atom is 0.272 e. The number of anilines is 2. The van der Waals surface area contributed by atoms with Crippen LogP contribution in [0, 0.1) is 23.1 Å². The highest BCUT2D eigenvalue weighted by molar-refractivity contribution is 6.31. The molecule has 5 heterocycles. The number of nitrogens with zero attached hydrogens (tertiary/aromatic N) is 7. The third kappa shape index (κ3) is 8.19. The zero-order chi connectivity index (χ0) is 40.5. The van der Waals surface area contributed by atoms with Crippen LogP contribution in [0.3, 0.4) is 0 Å². The van der Waals surface area contributed by atoms with E-state index >= 15 is 4.39 Å². The first-order valence-electron chi connectivity index (χ1n) is 19.8. The SMILES string of the molecule is N#Cc1ccc(OC2CCC(NC(=O)c3ccc(N4CCC(CN5CCN(c6cc7c(cc6F)[14C](=O)N(C6CCC(=O)NC6=O)[14C]7=O)CC5)CC4)nn3)CC2)cc1Cl. The molecule has 4 aliphatic heterocycles. The molecule has 1 aromatic heterocycles. The number of piperazine rings is 1. The lowest BCUT2D eigenvalue weighted by Gasteiger charge is -2.39. The molecule has 17 heteroatoms. The predicted molar refractivity (Wildman–Crippen MR) is 209 cm³/mol. The number of carbonyl (C=O) groups excluding carboxylic acids is 5. The van der Waals surface area contributed by atoms with E-state index in [9.17, 15) is 24.0 Å². The Bertz CT molecular complexity index is 2160. The number of aromatic nitrogens is 2. The number of nitriles is 1. The van der Waals surface area contributed by atoms with Gasteiger partial charge in [-0.05, 0) is 87.3 Å². The summed E-state index contributed by atoms with van der Waals surface area (Å²) < 4.78 is 21.5. The largest absolute Gasteiger partial charge is 0.490 e. The monoisotopic (exact) mass is 815 g/mol. The molecule has 302 valence electrons. The molecule has 0 bridgehead atoms. The number of imide groups is 2. The second-order valence-corrected chi connectivity index (χ2v) is 16.0. The highest BCUT2D eigenvalue weighted by Gasteiger charge is 2.45. The Kier molecular flexibility index (Phi) is 11.3. The number of halogens is 2. The number of benzene rings is 2. The fraction of sp³-hybridized carbons (Fsp3) is 0.463. The lowest BCUT2D eigenvalue weighted by molar-refractivity contribution is -0.136. The van der Waals surface area contributed by atoms with Crippen molar-refractivity contribution < 1.29 is 33.1 Å². The van der Waals surface area contributed by atoms with Gasteiger partial charge in [0.15, 0.2) is 11.5 Å². The van der Waals surface area contributed by atoms with Crippen molar-refractivity contribution in [3.05, 3.63) is 75.7 Å². The zero-order valence-electron chi connectivity index (χ0n) is 31.8. The quantitative estimate of drug-likeness (QED) is 0.300. The molecule has 1 unspecified atom stereocenters. The van der Waals surface area contributed by atoms with Gasteiger partial charge in [-0.25, -0.2) is 4.39 Å². The Morgan fingerprint density at radius 3 is 2.29 bits per heavy atom. The highest BCUT2D eigenvalue weighted by atomic mass is 35.5. The van der Waals surface area contributed by atoms with Crippen LogP contribution in [-0.2, 0) is 9.59 Å². The fourth-order valence-corrected chi connectivity index (χ4v) is 8.87. The van der Waals surface area contributed by atoms with Crippen LogP contribution in [0.2, 0.25) is 5.02 Å². The molecule has 0 radical (unpaired) electrons. The summed E-state index contributed by atoms with van der Waals surface area (Å²) in [4.78, 5) is 70.7. The summed E-state index contributed by atoms with van der Waals surface area (Å²) in [7, 11) is 0. The molecule has 2 aromatic carbocycles. The maximum absolute atomic E-state index is 15.4. The van der Waals surface area contributed by atoms with Crippen molar-refractivity contribution in [3.8, 4) is 11.8 Å². The minimum Gasteiger partial charge on any atom is -0.490 e. The number of hydrogen-bond acceptors (Lipinski definition) is 12. The second-order valence-electron chi connectivity index (χ2n) is 15.6. The number of nitrogens with one attached hydrogen (secondary N) is 2. The lowest BCUT2D eigenvalue weighted by atomic mass is 9.93. The Balaban J connectivity index is 0.764. The highest BCUT2D eigenvalue weighted by Crippen LogP contribution is 2.34. The molecule has 4 fully saturated rings. The summed E-state index contributed by atoms with van der Waals surface area (Å²) >= 11 is 6.14. The van der Waals surface area contributed by atoms with Crippen molar-refractivity contribution in [2.24, 2.45) is 5.92 Å². The summed E-state index contributed by atoms with van der Waals surface area (Å²) in [6, 6.07) is 12.1. The van der Waals surface area contributed by atoms with Crippen molar-refractivity contribution in [3.63, 3.8) is 0 Å². The first kappa shape index (κ1) is 39.2. The third-order valence-corrected chi connectivity index (χ3v) is 12.2. The van der Waals surface area contributed by atoms with Gasteiger partial charge in [-0.15, -0.1) is 10.2 Å². The average molecular weight is 816 g/mol. The van der Waals surface area contributed by atoms with Crippen molar-refractivity contribution >= 4 is 52.6 Å². The molecule has 5 aliphatic rings. The van der Waals surface area contributed by atoms with E-state index in [1.807, 2.05) is 17.0 Å². The lowest BCUT2D eigenvalue weighted by Crippen LogP contribution is -2.54. The summed E-state index contributed by atoms with van der Waals surface area (Å²) in [5.41, 5.74) is 0.931. The maximum atomic E-state index is 15.4. The smallest absolute Gasteiger partial charge is 0.272 e. The first-order chi connectivity index (χ1) is 28.0. The second kappa shape index (κ2) is 16.7. The van der Waals surface area contributed by atoms with Gasteiger partial charge in [-0.3, -0.25) is 39.1 Å². The van der Waals surface area contributed by atoms with Crippen LogP contribution in [0.25, 0.3) is 0 Å². The van der Waals surface area contributed by atoms with Gasteiger partial charge in [0.25, 0.3) is 17.7 Å². The number of piperidine rings is 2. The van der Waals surface area contributed by atoms with Crippen LogP contribution in [0.1, 0.15) is 88.1 Å². The van der Waals surface area contributed by atoms with Crippen LogP contribution in [0.15, 0.2) is 42.5 Å². The van der Waals surface area contributed by atoms with Crippen LogP contribution in [0.4, 0.5) is 15.9 Å². The standard InChI is InChI=1S/C41H43ClFN9O6/c42-31-19-28(4-1-25(31)22-44)58-27-5-2-26(3-6-27)45-38(54)33-7-9-36(48-47-33)51-13-11-24(12-14-51)23-49-15-17-50(18-16-49)35-21-30-29(20-32(35)43)40(56)52(41(30)57)34-8-10-37(53)46-39(34)55/h1,4,7,9,19-21,24,26-27,34H,2-3,5-6,8,10-18,23H2,(H,45,54)(H,46,53,55)/i40+2,41+2. The van der Waals surface area contributed by atoms with Gasteiger partial charge < -0.3 is 19.9 Å². The van der Waals surface area contributed by atoms with Crippen molar-refractivity contribution in [1.82, 2.24) is 30.6 Å². The van der Waals surface area contributed by atoms with Crippen molar-refractivity contribution in [1.29, 1.82) is 5.26 Å². The normalized spacial score (nSPS) is 23.1. The molecule has 3 saturated heterocycles. The third-order valence-electron chi connectivity index (χ3n) is 11.9. The van der Waals surface area contributed by atoms with Crippen molar-refractivity contribution in [2.75, 3.05) is 55.6 Å². The van der Waals surface area contributed by atoms with Gasteiger partial charge in [0.2, 0.25) is 11.8 Å². The number of rotatable bonds is 9. The summed E-state index contributed by atoms with van der Waals surface area (Å²) in [6.45, 7) is 5.06. The molecule has 2 N–H and O–H groups in total. The minimum absolute atomic E-state index is 0.00529. The molecule has 5 amide bonds. The van der Waals surface area contributed by atoms with Crippen LogP contribution in [0.5, 0.6) is 5.75 Å². The number of amides is 5. The Labute approximate surface area is 339 Å². The van der Waals surface area contributed by atoms with E-state index in [1.54, 1.807) is 24.3 Å². The van der Waals surface area contributed by atoms with Gasteiger partial charge in [0.1, 0.15) is 23.7 Å². The Hall–Kier alpha value is -5.66. The molecule has 1 saturated carbocycles. The van der Waals surface area contributed by atoms with Crippen LogP contribution in [-0.4, -0.2) is 114 Å². The van der Waals surface area contributed by atoms with Crippen LogP contribution < -0.4 is 25.2 Å². The van der Waals surface area contributed by atoms with Gasteiger partial charge in [0.05, 0.1) is 33.5 Å². The zero-order valence-corrected chi connectivity index (χ0v) is 32.5. The molecule has 58 heavy (non-hydrogen) atoms. The molecule has 0 spiro atoms. The molecule has 1 aliphatic carbocycles. The Morgan fingerprint density at radius 1 is 0.914 bits per heavy atom. The molecule has 8 rings (SSSR count). The molecule has 1 atom stereocenters. The van der Waals surface area contributed by atoms with E-state index in [1.165, 1.54) is 6.07 Å². The molecule has 15 nitrogen and oxygen atoms in total. The summed E-state index contributed by atoms with van der Waals surface area (Å²) in [6.07, 6.45) is 5.07. The molecule has 3 aromatic rings. The number of carbonyl (C=O) groups is 5. The Morgan fingerprint density at radius 2 is 1.64 bits per heavy atom. The van der Waals surface area contributed by atoms with E-state index in [-0.39, 0.29) is 53.4 Å². The molecular weight excluding hydrogens is 773 g/mol. The summed E-state index contributed by atoms with van der Waals surface area (Å²) in [5, 5.41) is 23.4.